The molecule has 1 heterocycles. The maximum absolute atomic E-state index is 13.4. The number of amides is 2. The van der Waals surface area contributed by atoms with Crippen molar-refractivity contribution < 1.29 is 19.1 Å². The summed E-state index contributed by atoms with van der Waals surface area (Å²) in [6.45, 7) is 7.27. The summed E-state index contributed by atoms with van der Waals surface area (Å²) in [5, 5.41) is 2.92. The summed E-state index contributed by atoms with van der Waals surface area (Å²) < 4.78 is 12.1. The minimum atomic E-state index is -0.206. The minimum Gasteiger partial charge on any atom is -0.491 e. The number of ether oxygens (including phenoxy) is 2. The van der Waals surface area contributed by atoms with E-state index in [0.717, 1.165) is 19.0 Å². The van der Waals surface area contributed by atoms with Crippen LogP contribution in [0.15, 0.2) is 48.5 Å². The predicted octanol–water partition coefficient (Wildman–Crippen LogP) is 4.15. The average molecular weight is 480 g/mol. The molecule has 0 bridgehead atoms. The number of benzene rings is 2. The van der Waals surface area contributed by atoms with Gasteiger partial charge in [-0.15, -0.1) is 0 Å². The van der Waals surface area contributed by atoms with E-state index in [1.807, 2.05) is 18.2 Å². The van der Waals surface area contributed by atoms with E-state index >= 15 is 0 Å². The van der Waals surface area contributed by atoms with Crippen molar-refractivity contribution in [2.45, 2.75) is 38.8 Å². The Balaban J connectivity index is 1.60. The molecule has 0 aromatic heterocycles. The van der Waals surface area contributed by atoms with E-state index in [0.29, 0.717) is 35.7 Å². The predicted molar refractivity (Wildman–Crippen MR) is 137 cm³/mol. The molecule has 7 nitrogen and oxygen atoms in total. The molecule has 1 N–H and O–H groups in total. The fourth-order valence-corrected chi connectivity index (χ4v) is 4.60. The number of hydrogen-bond donors (Lipinski definition) is 1. The summed E-state index contributed by atoms with van der Waals surface area (Å²) in [6, 6.07) is 14.5. The van der Waals surface area contributed by atoms with Crippen LogP contribution in [-0.4, -0.2) is 74.2 Å². The Bertz CT molecular complexity index is 1020. The van der Waals surface area contributed by atoms with Gasteiger partial charge in [-0.1, -0.05) is 25.1 Å². The van der Waals surface area contributed by atoms with Crippen LogP contribution in [0.5, 0.6) is 5.75 Å². The normalized spacial score (nSPS) is 24.1. The van der Waals surface area contributed by atoms with E-state index in [1.54, 1.807) is 49.4 Å². The topological polar surface area (TPSA) is 71.1 Å². The number of fused-ring (bicyclic) bond motifs is 1. The van der Waals surface area contributed by atoms with Crippen LogP contribution in [0.3, 0.4) is 0 Å². The molecule has 0 spiro atoms. The Morgan fingerprint density at radius 2 is 1.86 bits per heavy atom. The number of likely N-dealkylation sites (N-methyl/N-ethyl adjacent to an activating group) is 1. The lowest BCUT2D eigenvalue weighted by atomic mass is 10.0. The molecule has 2 aromatic rings. The maximum Gasteiger partial charge on any atom is 0.257 e. The van der Waals surface area contributed by atoms with Crippen LogP contribution in [0.1, 0.15) is 47.4 Å². The van der Waals surface area contributed by atoms with Gasteiger partial charge in [-0.25, -0.2) is 0 Å². The lowest BCUT2D eigenvalue weighted by molar-refractivity contribution is 0.00994. The van der Waals surface area contributed by atoms with Gasteiger partial charge in [0.05, 0.1) is 11.7 Å². The van der Waals surface area contributed by atoms with Gasteiger partial charge in [0.2, 0.25) is 0 Å². The molecule has 2 aromatic carbocycles. The summed E-state index contributed by atoms with van der Waals surface area (Å²) in [6.07, 6.45) is 2.51. The van der Waals surface area contributed by atoms with Crippen molar-refractivity contribution in [2.24, 2.45) is 11.8 Å². The molecule has 4 rings (SSSR count). The number of nitrogens with one attached hydrogen (secondary N) is 1. The number of carbonyl (C=O) groups excluding carboxylic acids is 2. The first-order chi connectivity index (χ1) is 16.9. The summed E-state index contributed by atoms with van der Waals surface area (Å²) in [5.74, 6) is 1.18. The smallest absolute Gasteiger partial charge is 0.257 e. The second-order valence-corrected chi connectivity index (χ2v) is 10.0. The van der Waals surface area contributed by atoms with Gasteiger partial charge in [-0.05, 0) is 55.9 Å². The third-order valence-electron chi connectivity index (χ3n) is 7.06. The highest BCUT2D eigenvalue weighted by molar-refractivity contribution is 6.05. The average Bonchev–Trinajstić information content (AvgIpc) is 3.69. The van der Waals surface area contributed by atoms with Crippen LogP contribution in [-0.2, 0) is 4.74 Å². The van der Waals surface area contributed by atoms with Crippen molar-refractivity contribution in [1.29, 1.82) is 0 Å². The number of anilines is 1. The lowest BCUT2D eigenvalue weighted by Gasteiger charge is -2.36. The third-order valence-corrected chi connectivity index (χ3v) is 7.06. The molecule has 0 unspecified atom stereocenters. The van der Waals surface area contributed by atoms with E-state index in [9.17, 15) is 9.59 Å². The zero-order valence-electron chi connectivity index (χ0n) is 21.2. The lowest BCUT2D eigenvalue weighted by Crippen LogP contribution is -2.47. The molecule has 0 saturated heterocycles. The largest absolute Gasteiger partial charge is 0.491 e. The van der Waals surface area contributed by atoms with Crippen molar-refractivity contribution in [3.63, 3.8) is 0 Å². The van der Waals surface area contributed by atoms with Crippen LogP contribution < -0.4 is 10.1 Å². The second kappa shape index (κ2) is 11.2. The van der Waals surface area contributed by atoms with Gasteiger partial charge in [-0.3, -0.25) is 14.5 Å². The van der Waals surface area contributed by atoms with Gasteiger partial charge in [0.25, 0.3) is 11.8 Å². The van der Waals surface area contributed by atoms with Gasteiger partial charge in [0.15, 0.2) is 0 Å². The van der Waals surface area contributed by atoms with Crippen LogP contribution in [0.2, 0.25) is 0 Å². The number of methoxy groups -OCH3 is 1. The maximum atomic E-state index is 13.4. The highest BCUT2D eigenvalue weighted by Crippen LogP contribution is 2.32. The zero-order valence-corrected chi connectivity index (χ0v) is 21.2. The first kappa shape index (κ1) is 25.2. The molecule has 1 fully saturated rings. The van der Waals surface area contributed by atoms with Crippen molar-refractivity contribution in [3.05, 3.63) is 59.7 Å². The molecule has 1 aliphatic heterocycles. The van der Waals surface area contributed by atoms with Gasteiger partial charge in [0.1, 0.15) is 12.4 Å². The molecular weight excluding hydrogens is 442 g/mol. The van der Waals surface area contributed by atoms with Crippen LogP contribution in [0.4, 0.5) is 5.69 Å². The van der Waals surface area contributed by atoms with Crippen molar-refractivity contribution in [2.75, 3.05) is 45.7 Å². The number of rotatable bonds is 5. The molecule has 3 atom stereocenters. The monoisotopic (exact) mass is 479 g/mol. The number of nitrogens with zero attached hydrogens (tertiary/aromatic N) is 2. The quantitative estimate of drug-likeness (QED) is 0.698. The number of hydrogen-bond acceptors (Lipinski definition) is 5. The van der Waals surface area contributed by atoms with E-state index in [4.69, 9.17) is 9.47 Å². The highest BCUT2D eigenvalue weighted by atomic mass is 16.5. The SMILES string of the molecule is CO[C@@H]1CN(C)C(=O)c2ccc(NC(=O)c3ccccc3)cc2OC[C@@H](C)N(CC2CC2)C[C@@H]1C. The summed E-state index contributed by atoms with van der Waals surface area (Å²) in [5.41, 5.74) is 1.64. The highest BCUT2D eigenvalue weighted by Gasteiger charge is 2.31. The fraction of sp³-hybridized carbons (Fsp3) is 0.500. The van der Waals surface area contributed by atoms with Crippen LogP contribution in [0.25, 0.3) is 0 Å². The number of carbonyl (C=O) groups is 2. The summed E-state index contributed by atoms with van der Waals surface area (Å²) in [4.78, 5) is 30.2. The minimum absolute atomic E-state index is 0.0638. The Labute approximate surface area is 208 Å². The van der Waals surface area contributed by atoms with Crippen molar-refractivity contribution in [3.8, 4) is 5.75 Å². The Kier molecular flexibility index (Phi) is 8.08. The van der Waals surface area contributed by atoms with Crippen LogP contribution >= 0.6 is 0 Å². The van der Waals surface area contributed by atoms with E-state index < -0.39 is 0 Å². The fourth-order valence-electron chi connectivity index (χ4n) is 4.60. The van der Waals surface area contributed by atoms with E-state index in [1.165, 1.54) is 12.8 Å². The second-order valence-electron chi connectivity index (χ2n) is 10.0. The van der Waals surface area contributed by atoms with Gasteiger partial charge >= 0.3 is 0 Å². The molecule has 1 aliphatic carbocycles. The van der Waals surface area contributed by atoms with Gasteiger partial charge < -0.3 is 19.7 Å². The first-order valence-corrected chi connectivity index (χ1v) is 12.5. The molecule has 2 aliphatic rings. The molecular formula is C28H37N3O4. The molecule has 0 radical (unpaired) electrons. The molecule has 188 valence electrons. The van der Waals surface area contributed by atoms with Gasteiger partial charge in [-0.2, -0.15) is 0 Å². The first-order valence-electron chi connectivity index (χ1n) is 12.5. The molecule has 2 amide bonds. The van der Waals surface area contributed by atoms with E-state index in [2.05, 4.69) is 24.1 Å². The Morgan fingerprint density at radius 3 is 2.54 bits per heavy atom. The Morgan fingerprint density at radius 1 is 1.11 bits per heavy atom. The molecule has 7 heteroatoms. The van der Waals surface area contributed by atoms with Crippen LogP contribution in [0, 0.1) is 11.8 Å². The van der Waals surface area contributed by atoms with Crippen molar-refractivity contribution >= 4 is 17.5 Å². The molecule has 35 heavy (non-hydrogen) atoms. The van der Waals surface area contributed by atoms with E-state index in [-0.39, 0.29) is 29.9 Å². The standard InChI is InChI=1S/C28H37N3O4/c1-19-15-31(16-21-10-11-21)20(2)18-35-25-14-23(29-27(32)22-8-6-5-7-9-22)12-13-24(25)28(33)30(3)17-26(19)34-4/h5-9,12-14,19-21,26H,10-11,15-18H2,1-4H3,(H,29,32)/t19-,20+,26+/m0/s1. The zero-order chi connectivity index (χ0) is 24.9. The molecule has 1 saturated carbocycles. The Hall–Kier alpha value is -2.90. The third kappa shape index (κ3) is 6.41. The summed E-state index contributed by atoms with van der Waals surface area (Å²) in [7, 11) is 3.52. The van der Waals surface area contributed by atoms with Crippen molar-refractivity contribution in [1.82, 2.24) is 9.80 Å². The summed E-state index contributed by atoms with van der Waals surface area (Å²) >= 11 is 0. The van der Waals surface area contributed by atoms with Gasteiger partial charge in [0, 0.05) is 57.2 Å².